The Bertz CT molecular complexity index is 860. The molecule has 0 spiro atoms. The second kappa shape index (κ2) is 8.44. The molecule has 3 aromatic rings. The van der Waals surface area contributed by atoms with Gasteiger partial charge in [0.25, 0.3) is 0 Å². The molecule has 1 atom stereocenters. The molecule has 0 saturated carbocycles. The number of ether oxygens (including phenoxy) is 1. The molecule has 0 radical (unpaired) electrons. The van der Waals surface area contributed by atoms with Crippen LogP contribution in [0.2, 0.25) is 19.1 Å². The van der Waals surface area contributed by atoms with Crippen molar-refractivity contribution in [3.05, 3.63) is 84.4 Å². The molecule has 0 amide bonds. The first-order valence-electron chi connectivity index (χ1n) is 9.54. The minimum atomic E-state index is -1.50. The summed E-state index contributed by atoms with van der Waals surface area (Å²) in [6, 6.07) is 27.3. The van der Waals surface area contributed by atoms with Crippen molar-refractivity contribution in [2.45, 2.75) is 32.5 Å². The minimum absolute atomic E-state index is 0.349. The van der Waals surface area contributed by atoms with E-state index in [1.165, 1.54) is 11.2 Å². The first-order valence-corrected chi connectivity index (χ1v) is 12.7. The highest BCUT2D eigenvalue weighted by Gasteiger charge is 2.26. The highest BCUT2D eigenvalue weighted by Crippen LogP contribution is 2.30. The van der Waals surface area contributed by atoms with E-state index in [9.17, 15) is 5.11 Å². The Balaban J connectivity index is 1.70. The van der Waals surface area contributed by atoms with Gasteiger partial charge < -0.3 is 9.84 Å². The quantitative estimate of drug-likeness (QED) is 0.514. The van der Waals surface area contributed by atoms with Gasteiger partial charge in [-0.25, -0.2) is 0 Å². The van der Waals surface area contributed by atoms with Gasteiger partial charge in [0.2, 0.25) is 0 Å². The van der Waals surface area contributed by atoms with Crippen molar-refractivity contribution in [3.63, 3.8) is 0 Å². The summed E-state index contributed by atoms with van der Waals surface area (Å²) in [6.45, 7) is 7.13. The second-order valence-electron chi connectivity index (χ2n) is 7.97. The van der Waals surface area contributed by atoms with Crippen molar-refractivity contribution in [2.24, 2.45) is 5.92 Å². The molecule has 0 fully saturated rings. The van der Waals surface area contributed by atoms with E-state index in [4.69, 9.17) is 4.74 Å². The van der Waals surface area contributed by atoms with Crippen molar-refractivity contribution < 1.29 is 9.84 Å². The maximum absolute atomic E-state index is 10.3. The summed E-state index contributed by atoms with van der Waals surface area (Å²) in [5.74, 6) is 2.41. The van der Waals surface area contributed by atoms with Crippen molar-refractivity contribution in [1.29, 1.82) is 0 Å². The van der Waals surface area contributed by atoms with Gasteiger partial charge in [-0.1, -0.05) is 79.8 Å². The zero-order valence-electron chi connectivity index (χ0n) is 16.4. The molecule has 0 aliphatic heterocycles. The Hall–Kier alpha value is -2.52. The fraction of sp³-hybridized carbons (Fsp3) is 0.250. The molecule has 3 rings (SSSR count). The van der Waals surface area contributed by atoms with E-state index < -0.39 is 8.07 Å². The molecule has 0 saturated heterocycles. The maximum atomic E-state index is 10.3. The summed E-state index contributed by atoms with van der Waals surface area (Å²) in [4.78, 5) is 0. The van der Waals surface area contributed by atoms with Crippen molar-refractivity contribution in [3.8, 4) is 17.2 Å². The van der Waals surface area contributed by atoms with E-state index in [1.54, 1.807) is 6.07 Å². The van der Waals surface area contributed by atoms with Gasteiger partial charge in [0.05, 0.1) is 8.07 Å². The van der Waals surface area contributed by atoms with Crippen LogP contribution in [0.1, 0.15) is 12.5 Å². The van der Waals surface area contributed by atoms with Gasteiger partial charge in [-0.2, -0.15) is 0 Å². The van der Waals surface area contributed by atoms with Crippen molar-refractivity contribution in [2.75, 3.05) is 0 Å². The third kappa shape index (κ3) is 5.24. The van der Waals surface area contributed by atoms with E-state index in [2.05, 4.69) is 50.3 Å². The Kier molecular flexibility index (Phi) is 6.02. The summed E-state index contributed by atoms with van der Waals surface area (Å²) < 4.78 is 5.92. The van der Waals surface area contributed by atoms with Crippen LogP contribution in [0.3, 0.4) is 0 Å². The Labute approximate surface area is 163 Å². The normalized spacial score (nSPS) is 12.6. The first-order chi connectivity index (χ1) is 12.9. The molecule has 0 heterocycles. The molecule has 2 nitrogen and oxygen atoms in total. The summed E-state index contributed by atoms with van der Waals surface area (Å²) in [6.07, 6.45) is 0.848. The maximum Gasteiger partial charge on any atom is 0.127 e. The average Bonchev–Trinajstić information content (AvgIpc) is 2.65. The number of benzene rings is 3. The minimum Gasteiger partial charge on any atom is -0.508 e. The molecule has 3 heteroatoms. The van der Waals surface area contributed by atoms with Crippen LogP contribution in [-0.4, -0.2) is 13.2 Å². The summed E-state index contributed by atoms with van der Waals surface area (Å²) in [5.41, 5.74) is 0.953. The predicted molar refractivity (Wildman–Crippen MR) is 116 cm³/mol. The largest absolute Gasteiger partial charge is 0.508 e. The van der Waals surface area contributed by atoms with Crippen LogP contribution < -0.4 is 9.92 Å². The second-order valence-corrected chi connectivity index (χ2v) is 12.7. The molecule has 0 bridgehead atoms. The van der Waals surface area contributed by atoms with Gasteiger partial charge in [0.1, 0.15) is 17.2 Å². The van der Waals surface area contributed by atoms with Gasteiger partial charge >= 0.3 is 0 Å². The number of phenolic OH excluding ortho intramolecular Hbond substituents is 1. The number of hydrogen-bond acceptors (Lipinski definition) is 2. The van der Waals surface area contributed by atoms with Crippen LogP contribution in [0.15, 0.2) is 78.9 Å². The molecular weight excluding hydrogens is 348 g/mol. The third-order valence-corrected chi connectivity index (χ3v) is 8.63. The van der Waals surface area contributed by atoms with E-state index in [0.29, 0.717) is 11.7 Å². The lowest BCUT2D eigenvalue weighted by atomic mass is 10.0. The predicted octanol–water partition coefficient (Wildman–Crippen LogP) is 5.98. The Morgan fingerprint density at radius 3 is 2.15 bits per heavy atom. The highest BCUT2D eigenvalue weighted by molar-refractivity contribution is 6.89. The number of rotatable bonds is 7. The number of aromatic hydroxyl groups is 1. The van der Waals surface area contributed by atoms with E-state index in [0.717, 1.165) is 23.5 Å². The van der Waals surface area contributed by atoms with Gasteiger partial charge in [-0.3, -0.25) is 0 Å². The zero-order chi connectivity index (χ0) is 19.3. The Morgan fingerprint density at radius 2 is 1.48 bits per heavy atom. The molecule has 3 aromatic carbocycles. The van der Waals surface area contributed by atoms with Crippen LogP contribution >= 0.6 is 0 Å². The summed E-state index contributed by atoms with van der Waals surface area (Å²) in [7, 11) is -1.50. The molecular formula is C24H28O2Si. The Morgan fingerprint density at radius 1 is 0.852 bits per heavy atom. The van der Waals surface area contributed by atoms with Gasteiger partial charge in [-0.05, 0) is 48.2 Å². The lowest BCUT2D eigenvalue weighted by Crippen LogP contribution is -2.42. The zero-order valence-corrected chi connectivity index (χ0v) is 17.4. The first kappa shape index (κ1) is 19.2. The smallest absolute Gasteiger partial charge is 0.127 e. The van der Waals surface area contributed by atoms with Gasteiger partial charge in [-0.15, -0.1) is 0 Å². The van der Waals surface area contributed by atoms with Crippen LogP contribution in [-0.2, 0) is 6.42 Å². The van der Waals surface area contributed by atoms with Crippen molar-refractivity contribution in [1.82, 2.24) is 0 Å². The summed E-state index contributed by atoms with van der Waals surface area (Å²) >= 11 is 0. The molecule has 0 aliphatic rings. The van der Waals surface area contributed by atoms with Crippen LogP contribution in [0.25, 0.3) is 0 Å². The monoisotopic (exact) mass is 376 g/mol. The van der Waals surface area contributed by atoms with Crippen LogP contribution in [0.5, 0.6) is 17.2 Å². The van der Waals surface area contributed by atoms with Crippen molar-refractivity contribution >= 4 is 13.3 Å². The van der Waals surface area contributed by atoms with Crippen LogP contribution in [0.4, 0.5) is 0 Å². The highest BCUT2D eigenvalue weighted by atomic mass is 28.3. The molecule has 1 unspecified atom stereocenters. The molecule has 0 aliphatic carbocycles. The van der Waals surface area contributed by atoms with E-state index in [-0.39, 0.29) is 0 Å². The van der Waals surface area contributed by atoms with E-state index >= 15 is 0 Å². The van der Waals surface area contributed by atoms with Crippen LogP contribution in [0, 0.1) is 5.92 Å². The molecule has 140 valence electrons. The standard InChI is InChI=1S/C24H28O2Si/c1-19(18-27(2,3)23-12-8-5-9-13-23)16-20-17-22(14-15-24(20)25)26-21-10-6-4-7-11-21/h4-15,17,19,25H,16,18H2,1-3H3. The molecule has 0 aromatic heterocycles. The third-order valence-electron chi connectivity index (χ3n) is 5.01. The lowest BCUT2D eigenvalue weighted by Gasteiger charge is -2.27. The molecule has 27 heavy (non-hydrogen) atoms. The fourth-order valence-corrected chi connectivity index (χ4v) is 6.96. The average molecular weight is 377 g/mol. The van der Waals surface area contributed by atoms with Gasteiger partial charge in [0, 0.05) is 0 Å². The number of phenols is 1. The van der Waals surface area contributed by atoms with E-state index in [1.807, 2.05) is 42.5 Å². The lowest BCUT2D eigenvalue weighted by molar-refractivity contribution is 0.452. The topological polar surface area (TPSA) is 29.5 Å². The number of hydrogen-bond donors (Lipinski definition) is 1. The summed E-state index contributed by atoms with van der Waals surface area (Å²) in [5, 5.41) is 11.8. The SMILES string of the molecule is CC(Cc1cc(Oc2ccccc2)ccc1O)C[Si](C)(C)c1ccccc1. The fourth-order valence-electron chi connectivity index (χ4n) is 3.74. The molecule has 1 N–H and O–H groups in total. The van der Waals surface area contributed by atoms with Gasteiger partial charge in [0.15, 0.2) is 0 Å². The number of para-hydroxylation sites is 1.